The SMILES string of the molecule is CCc1c(SN[C@@H](CNC(=O)c2ccc(Cl)s2)C(=O)OC)cccc1N1CCCC1=O. The Kier molecular flexibility index (Phi) is 8.36. The van der Waals surface area contributed by atoms with Crippen LogP contribution < -0.4 is 14.9 Å². The van der Waals surface area contributed by atoms with Crippen LogP contribution in [0.2, 0.25) is 4.34 Å². The van der Waals surface area contributed by atoms with E-state index in [1.54, 1.807) is 12.1 Å². The first kappa shape index (κ1) is 23.6. The van der Waals surface area contributed by atoms with E-state index in [9.17, 15) is 14.4 Å². The van der Waals surface area contributed by atoms with Crippen LogP contribution >= 0.6 is 34.9 Å². The van der Waals surface area contributed by atoms with Crippen LogP contribution in [0.1, 0.15) is 35.0 Å². The molecule has 0 bridgehead atoms. The number of ether oxygens (including phenoxy) is 1. The largest absolute Gasteiger partial charge is 0.468 e. The minimum absolute atomic E-state index is 0.0553. The lowest BCUT2D eigenvalue weighted by Crippen LogP contribution is -2.44. The fourth-order valence-corrected chi connectivity index (χ4v) is 5.26. The number of anilines is 1. The van der Waals surface area contributed by atoms with Crippen molar-refractivity contribution in [3.63, 3.8) is 0 Å². The molecule has 2 amide bonds. The molecule has 3 rings (SSSR count). The molecule has 0 saturated carbocycles. The molecule has 166 valence electrons. The molecule has 1 aromatic heterocycles. The predicted molar refractivity (Wildman–Crippen MR) is 124 cm³/mol. The van der Waals surface area contributed by atoms with Gasteiger partial charge in [0.25, 0.3) is 5.91 Å². The number of nitrogens with one attached hydrogen (secondary N) is 2. The maximum atomic E-state index is 12.3. The molecule has 1 fully saturated rings. The summed E-state index contributed by atoms with van der Waals surface area (Å²) in [5, 5.41) is 2.74. The number of amides is 2. The smallest absolute Gasteiger partial charge is 0.325 e. The van der Waals surface area contributed by atoms with Crippen molar-refractivity contribution in [2.75, 3.05) is 25.1 Å². The number of hydrogen-bond donors (Lipinski definition) is 2. The number of benzene rings is 1. The number of carbonyl (C=O) groups is 3. The van der Waals surface area contributed by atoms with Gasteiger partial charge in [-0.2, -0.15) is 0 Å². The third-order valence-corrected chi connectivity index (χ3v) is 7.12. The van der Waals surface area contributed by atoms with Gasteiger partial charge < -0.3 is 15.0 Å². The van der Waals surface area contributed by atoms with Crippen molar-refractivity contribution < 1.29 is 19.1 Å². The number of hydrogen-bond acceptors (Lipinski definition) is 7. The number of nitrogens with zero attached hydrogens (tertiary/aromatic N) is 1. The molecule has 1 aliphatic heterocycles. The van der Waals surface area contributed by atoms with E-state index in [2.05, 4.69) is 10.0 Å². The van der Waals surface area contributed by atoms with Gasteiger partial charge >= 0.3 is 5.97 Å². The zero-order chi connectivity index (χ0) is 22.4. The average Bonchev–Trinajstić information content (AvgIpc) is 3.40. The van der Waals surface area contributed by atoms with E-state index < -0.39 is 12.0 Å². The number of thiophene rings is 1. The first-order valence-electron chi connectivity index (χ1n) is 9.90. The second-order valence-corrected chi connectivity index (χ2v) is 9.46. The quantitative estimate of drug-likeness (QED) is 0.420. The molecule has 10 heteroatoms. The second-order valence-electron chi connectivity index (χ2n) is 6.87. The first-order valence-corrected chi connectivity index (χ1v) is 11.9. The Morgan fingerprint density at radius 1 is 1.32 bits per heavy atom. The summed E-state index contributed by atoms with van der Waals surface area (Å²) < 4.78 is 8.51. The minimum Gasteiger partial charge on any atom is -0.468 e. The standard InChI is InChI=1S/C21H24ClN3O4S2/c1-3-13-15(25-11-5-8-19(25)26)6-4-7-16(13)31-24-14(21(28)29-2)12-23-20(27)17-9-10-18(22)30-17/h4,6-7,9-10,14,24H,3,5,8,11-12H2,1-2H3,(H,23,27)/t14-/m0/s1. The molecule has 1 aromatic carbocycles. The highest BCUT2D eigenvalue weighted by molar-refractivity contribution is 7.97. The minimum atomic E-state index is -0.754. The van der Waals surface area contributed by atoms with Crippen molar-refractivity contribution in [3.05, 3.63) is 45.1 Å². The number of esters is 1. The van der Waals surface area contributed by atoms with Gasteiger partial charge in [-0.3, -0.25) is 14.4 Å². The summed E-state index contributed by atoms with van der Waals surface area (Å²) in [5.74, 6) is -0.657. The molecule has 0 unspecified atom stereocenters. The number of rotatable bonds is 9. The molecule has 1 atom stereocenters. The molecule has 2 aromatic rings. The monoisotopic (exact) mass is 481 g/mol. The molecule has 1 saturated heterocycles. The summed E-state index contributed by atoms with van der Waals surface area (Å²) >= 11 is 8.34. The molecular formula is C21H24ClN3O4S2. The molecular weight excluding hydrogens is 458 g/mol. The molecule has 0 radical (unpaired) electrons. The lowest BCUT2D eigenvalue weighted by atomic mass is 10.1. The summed E-state index contributed by atoms with van der Waals surface area (Å²) in [6, 6.07) is 8.33. The van der Waals surface area contributed by atoms with E-state index in [0.29, 0.717) is 15.6 Å². The Morgan fingerprint density at radius 3 is 2.74 bits per heavy atom. The highest BCUT2D eigenvalue weighted by atomic mass is 35.5. The third kappa shape index (κ3) is 5.79. The number of halogens is 1. The summed E-state index contributed by atoms with van der Waals surface area (Å²) in [5.41, 5.74) is 1.95. The fraction of sp³-hybridized carbons (Fsp3) is 0.381. The Morgan fingerprint density at radius 2 is 2.13 bits per heavy atom. The van der Waals surface area contributed by atoms with Crippen LogP contribution in [-0.2, 0) is 20.7 Å². The number of carbonyl (C=O) groups excluding carboxylic acids is 3. The highest BCUT2D eigenvalue weighted by Gasteiger charge is 2.25. The summed E-state index contributed by atoms with van der Waals surface area (Å²) in [4.78, 5) is 40.0. The van der Waals surface area contributed by atoms with Crippen LogP contribution in [0.5, 0.6) is 0 Å². The number of methoxy groups -OCH3 is 1. The molecule has 1 aliphatic rings. The van der Waals surface area contributed by atoms with E-state index in [-0.39, 0.29) is 18.4 Å². The molecule has 2 N–H and O–H groups in total. The predicted octanol–water partition coefficient (Wildman–Crippen LogP) is 3.66. The van der Waals surface area contributed by atoms with Gasteiger partial charge in [0.05, 0.1) is 16.3 Å². The highest BCUT2D eigenvalue weighted by Crippen LogP contribution is 2.32. The van der Waals surface area contributed by atoms with Gasteiger partial charge in [-0.15, -0.1) is 11.3 Å². The summed E-state index contributed by atoms with van der Waals surface area (Å²) in [6.07, 6.45) is 2.16. The molecule has 0 spiro atoms. The van der Waals surface area contributed by atoms with Crippen LogP contribution in [0.3, 0.4) is 0 Å². The van der Waals surface area contributed by atoms with E-state index >= 15 is 0 Å². The van der Waals surface area contributed by atoms with Gasteiger partial charge in [-0.05, 0) is 54.6 Å². The molecule has 0 aliphatic carbocycles. The van der Waals surface area contributed by atoms with Crippen molar-refractivity contribution in [3.8, 4) is 0 Å². The molecule has 2 heterocycles. The van der Waals surface area contributed by atoms with Gasteiger partial charge in [0.2, 0.25) is 5.91 Å². The van der Waals surface area contributed by atoms with Crippen molar-refractivity contribution in [2.24, 2.45) is 0 Å². The summed E-state index contributed by atoms with van der Waals surface area (Å²) in [6.45, 7) is 2.81. The first-order chi connectivity index (χ1) is 14.9. The Hall–Kier alpha value is -2.07. The maximum absolute atomic E-state index is 12.3. The van der Waals surface area contributed by atoms with Gasteiger partial charge in [0, 0.05) is 30.1 Å². The van der Waals surface area contributed by atoms with E-state index in [1.165, 1.54) is 30.4 Å². The second kappa shape index (κ2) is 11.0. The average molecular weight is 482 g/mol. The van der Waals surface area contributed by atoms with Gasteiger partial charge in [-0.1, -0.05) is 24.6 Å². The van der Waals surface area contributed by atoms with Crippen molar-refractivity contribution in [1.82, 2.24) is 10.0 Å². The van der Waals surface area contributed by atoms with E-state index in [1.807, 2.05) is 30.0 Å². The third-order valence-electron chi connectivity index (χ3n) is 4.89. The van der Waals surface area contributed by atoms with Crippen molar-refractivity contribution in [2.45, 2.75) is 37.1 Å². The van der Waals surface area contributed by atoms with Crippen molar-refractivity contribution in [1.29, 1.82) is 0 Å². The van der Waals surface area contributed by atoms with Crippen LogP contribution in [0, 0.1) is 0 Å². The van der Waals surface area contributed by atoms with Crippen molar-refractivity contribution >= 4 is 58.4 Å². The lowest BCUT2D eigenvalue weighted by Gasteiger charge is -2.22. The fourth-order valence-electron chi connectivity index (χ4n) is 3.33. The summed E-state index contributed by atoms with van der Waals surface area (Å²) in [7, 11) is 1.31. The maximum Gasteiger partial charge on any atom is 0.325 e. The van der Waals surface area contributed by atoms with Crippen LogP contribution in [0.4, 0.5) is 5.69 Å². The zero-order valence-electron chi connectivity index (χ0n) is 17.3. The Labute approximate surface area is 194 Å². The normalized spacial score (nSPS) is 14.5. The lowest BCUT2D eigenvalue weighted by molar-refractivity contribution is -0.142. The topological polar surface area (TPSA) is 87.7 Å². The van der Waals surface area contributed by atoms with E-state index in [4.69, 9.17) is 16.3 Å². The van der Waals surface area contributed by atoms with E-state index in [0.717, 1.165) is 35.5 Å². The Bertz CT molecular complexity index is 966. The zero-order valence-corrected chi connectivity index (χ0v) is 19.7. The van der Waals surface area contributed by atoms with Gasteiger partial charge in [-0.25, -0.2) is 4.72 Å². The van der Waals surface area contributed by atoms with Gasteiger partial charge in [0.1, 0.15) is 6.04 Å². The van der Waals surface area contributed by atoms with Crippen LogP contribution in [0.15, 0.2) is 35.2 Å². The molecule has 7 nitrogen and oxygen atoms in total. The van der Waals surface area contributed by atoms with Crippen LogP contribution in [0.25, 0.3) is 0 Å². The van der Waals surface area contributed by atoms with Gasteiger partial charge in [0.15, 0.2) is 0 Å². The molecule has 31 heavy (non-hydrogen) atoms. The van der Waals surface area contributed by atoms with Crippen LogP contribution in [-0.4, -0.2) is 44.0 Å². The Balaban J connectivity index is 1.69.